The maximum Gasteiger partial charge on any atom is 0.408 e. The maximum absolute atomic E-state index is 12.3. The van der Waals surface area contributed by atoms with E-state index in [4.69, 9.17) is 14.2 Å². The highest BCUT2D eigenvalue weighted by atomic mass is 16.6. The molecule has 2 aromatic rings. The highest BCUT2D eigenvalue weighted by Gasteiger charge is 2.33. The fourth-order valence-corrected chi connectivity index (χ4v) is 3.28. The Morgan fingerprint density at radius 3 is 2.40 bits per heavy atom. The van der Waals surface area contributed by atoms with Crippen molar-refractivity contribution in [2.75, 3.05) is 0 Å². The maximum atomic E-state index is 12.3. The van der Waals surface area contributed by atoms with Crippen LogP contribution in [0.3, 0.4) is 0 Å². The zero-order valence-corrected chi connectivity index (χ0v) is 17.7. The van der Waals surface area contributed by atoms with E-state index >= 15 is 0 Å². The molecular formula is C24H29NO5. The Morgan fingerprint density at radius 1 is 1.10 bits per heavy atom. The van der Waals surface area contributed by atoms with Gasteiger partial charge in [0.2, 0.25) is 0 Å². The highest BCUT2D eigenvalue weighted by Crippen LogP contribution is 2.22. The molecule has 6 heteroatoms. The van der Waals surface area contributed by atoms with Crippen LogP contribution in [0.1, 0.15) is 44.7 Å². The van der Waals surface area contributed by atoms with Gasteiger partial charge in [-0.15, -0.1) is 0 Å². The van der Waals surface area contributed by atoms with Crippen molar-refractivity contribution in [1.82, 2.24) is 5.32 Å². The second-order valence-electron chi connectivity index (χ2n) is 8.44. The second kappa shape index (κ2) is 9.65. The number of benzene rings is 2. The van der Waals surface area contributed by atoms with Crippen molar-refractivity contribution in [3.8, 4) is 5.75 Å². The molecule has 1 heterocycles. The molecule has 0 aliphatic carbocycles. The average Bonchev–Trinajstić information content (AvgIpc) is 3.13. The van der Waals surface area contributed by atoms with Crippen LogP contribution in [0, 0.1) is 0 Å². The summed E-state index contributed by atoms with van der Waals surface area (Å²) in [5, 5.41) is 2.88. The molecule has 2 aromatic carbocycles. The van der Waals surface area contributed by atoms with Gasteiger partial charge in [-0.25, -0.2) is 4.79 Å². The molecule has 1 N–H and O–H groups in total. The first kappa shape index (κ1) is 21.7. The largest absolute Gasteiger partial charge is 0.489 e. The predicted octanol–water partition coefficient (Wildman–Crippen LogP) is 4.41. The Labute approximate surface area is 177 Å². The number of carbonyl (C=O) groups excluding carboxylic acids is 2. The summed E-state index contributed by atoms with van der Waals surface area (Å²) >= 11 is 0. The van der Waals surface area contributed by atoms with Crippen LogP contribution in [0.2, 0.25) is 0 Å². The van der Waals surface area contributed by atoms with Crippen molar-refractivity contribution in [2.45, 2.75) is 64.4 Å². The van der Waals surface area contributed by atoms with E-state index in [-0.39, 0.29) is 18.1 Å². The first-order chi connectivity index (χ1) is 14.3. The Hall–Kier alpha value is -3.02. The van der Waals surface area contributed by atoms with Gasteiger partial charge in [-0.2, -0.15) is 0 Å². The quantitative estimate of drug-likeness (QED) is 0.684. The Kier molecular flexibility index (Phi) is 6.98. The molecule has 0 saturated carbocycles. The van der Waals surface area contributed by atoms with Gasteiger partial charge in [0.1, 0.15) is 24.1 Å². The molecule has 6 nitrogen and oxygen atoms in total. The molecule has 1 fully saturated rings. The zero-order chi connectivity index (χ0) is 21.6. The minimum atomic E-state index is -0.598. The number of alkyl carbamates (subject to hydrolysis) is 1. The molecule has 1 aliphatic rings. The van der Waals surface area contributed by atoms with Crippen LogP contribution in [0.5, 0.6) is 5.75 Å². The molecule has 1 aliphatic heterocycles. The predicted molar refractivity (Wildman–Crippen MR) is 113 cm³/mol. The molecule has 30 heavy (non-hydrogen) atoms. The molecule has 3 rings (SSSR count). The van der Waals surface area contributed by atoms with E-state index in [0.29, 0.717) is 25.9 Å². The summed E-state index contributed by atoms with van der Waals surface area (Å²) in [6.07, 6.45) is 0.592. The van der Waals surface area contributed by atoms with Gasteiger partial charge in [0.05, 0.1) is 6.04 Å². The highest BCUT2D eigenvalue weighted by molar-refractivity contribution is 5.72. The van der Waals surface area contributed by atoms with Crippen molar-refractivity contribution in [1.29, 1.82) is 0 Å². The number of carbonyl (C=O) groups is 2. The lowest BCUT2D eigenvalue weighted by Gasteiger charge is -2.26. The van der Waals surface area contributed by atoms with Crippen molar-refractivity contribution in [3.05, 3.63) is 65.7 Å². The Bertz CT molecular complexity index is 842. The molecule has 0 aromatic heterocycles. The van der Waals surface area contributed by atoms with Crippen LogP contribution in [0.25, 0.3) is 0 Å². The van der Waals surface area contributed by atoms with Gasteiger partial charge in [0, 0.05) is 6.42 Å². The number of cyclic esters (lactones) is 1. The van der Waals surface area contributed by atoms with Gasteiger partial charge < -0.3 is 19.5 Å². The second-order valence-corrected chi connectivity index (χ2v) is 8.44. The third-order valence-corrected chi connectivity index (χ3v) is 4.69. The number of hydrogen-bond donors (Lipinski definition) is 1. The molecule has 2 unspecified atom stereocenters. The van der Waals surface area contributed by atoms with Crippen molar-refractivity contribution < 1.29 is 23.8 Å². The standard InChI is InChI=1S/C24H29NO5/c1-24(2,3)30-23(27)25-20(21-13-14-22(26)29-21)15-17-9-11-19(12-10-17)28-16-18-7-5-4-6-8-18/h4-12,20-21H,13-16H2,1-3H3,(H,25,27). The summed E-state index contributed by atoms with van der Waals surface area (Å²) in [7, 11) is 0. The third kappa shape index (κ3) is 6.79. The third-order valence-electron chi connectivity index (χ3n) is 4.69. The summed E-state index contributed by atoms with van der Waals surface area (Å²) < 4.78 is 16.6. The van der Waals surface area contributed by atoms with Crippen LogP contribution in [-0.4, -0.2) is 29.8 Å². The van der Waals surface area contributed by atoms with Gasteiger partial charge in [-0.05, 0) is 56.9 Å². The minimum Gasteiger partial charge on any atom is -0.489 e. The van der Waals surface area contributed by atoms with Gasteiger partial charge >= 0.3 is 12.1 Å². The molecule has 0 radical (unpaired) electrons. The number of rotatable bonds is 7. The summed E-state index contributed by atoms with van der Waals surface area (Å²) in [6.45, 7) is 5.93. The molecule has 2 atom stereocenters. The smallest absolute Gasteiger partial charge is 0.408 e. The van der Waals surface area contributed by atoms with Crippen molar-refractivity contribution >= 4 is 12.1 Å². The zero-order valence-electron chi connectivity index (χ0n) is 17.7. The lowest BCUT2D eigenvalue weighted by atomic mass is 9.99. The van der Waals surface area contributed by atoms with E-state index in [2.05, 4.69) is 5.32 Å². The Morgan fingerprint density at radius 2 is 1.80 bits per heavy atom. The molecule has 1 saturated heterocycles. The fourth-order valence-electron chi connectivity index (χ4n) is 3.28. The molecule has 0 bridgehead atoms. The lowest BCUT2D eigenvalue weighted by molar-refractivity contribution is -0.142. The molecular weight excluding hydrogens is 382 g/mol. The number of amides is 1. The summed E-state index contributed by atoms with van der Waals surface area (Å²) in [4.78, 5) is 23.9. The molecule has 1 amide bonds. The monoisotopic (exact) mass is 411 g/mol. The SMILES string of the molecule is CC(C)(C)OC(=O)NC(Cc1ccc(OCc2ccccc2)cc1)C1CCC(=O)O1. The number of nitrogens with one attached hydrogen (secondary N) is 1. The van der Waals surface area contributed by atoms with Crippen LogP contribution in [0.15, 0.2) is 54.6 Å². The van der Waals surface area contributed by atoms with Crippen molar-refractivity contribution in [3.63, 3.8) is 0 Å². The van der Waals surface area contributed by atoms with E-state index in [9.17, 15) is 9.59 Å². The van der Waals surface area contributed by atoms with Crippen LogP contribution >= 0.6 is 0 Å². The van der Waals surface area contributed by atoms with E-state index in [0.717, 1.165) is 16.9 Å². The number of ether oxygens (including phenoxy) is 3. The van der Waals surface area contributed by atoms with Crippen LogP contribution in [-0.2, 0) is 27.3 Å². The topological polar surface area (TPSA) is 73.9 Å². The summed E-state index contributed by atoms with van der Waals surface area (Å²) in [5.41, 5.74) is 1.51. The van der Waals surface area contributed by atoms with E-state index in [1.165, 1.54) is 0 Å². The van der Waals surface area contributed by atoms with E-state index < -0.39 is 11.7 Å². The van der Waals surface area contributed by atoms with Crippen LogP contribution in [0.4, 0.5) is 4.79 Å². The number of esters is 1. The first-order valence-electron chi connectivity index (χ1n) is 10.2. The lowest BCUT2D eigenvalue weighted by Crippen LogP contribution is -2.46. The molecule has 0 spiro atoms. The van der Waals surface area contributed by atoms with E-state index in [1.807, 2.05) is 75.4 Å². The van der Waals surface area contributed by atoms with Crippen LogP contribution < -0.4 is 10.1 Å². The van der Waals surface area contributed by atoms with Gasteiger partial charge in [-0.1, -0.05) is 42.5 Å². The fraction of sp³-hybridized carbons (Fsp3) is 0.417. The minimum absolute atomic E-state index is 0.236. The van der Waals surface area contributed by atoms with Gasteiger partial charge in [0.25, 0.3) is 0 Å². The number of hydrogen-bond acceptors (Lipinski definition) is 5. The molecule has 160 valence electrons. The Balaban J connectivity index is 1.61. The normalized spacial score (nSPS) is 17.2. The summed E-state index contributed by atoms with van der Waals surface area (Å²) in [5.74, 6) is 0.534. The first-order valence-corrected chi connectivity index (χ1v) is 10.2. The van der Waals surface area contributed by atoms with Gasteiger partial charge in [-0.3, -0.25) is 4.79 Å². The van der Waals surface area contributed by atoms with Gasteiger partial charge in [0.15, 0.2) is 0 Å². The van der Waals surface area contributed by atoms with Crippen molar-refractivity contribution in [2.24, 2.45) is 0 Å². The van der Waals surface area contributed by atoms with E-state index in [1.54, 1.807) is 0 Å². The summed E-state index contributed by atoms with van der Waals surface area (Å²) in [6, 6.07) is 17.3. The average molecular weight is 411 g/mol.